The SMILES string of the molecule is CCCCCC(=O)N/N=C(\C)c1cccc([N+](=O)[O-])c1. The molecule has 0 heterocycles. The van der Waals surface area contributed by atoms with Crippen LogP contribution in [0.2, 0.25) is 0 Å². The third-order valence-corrected chi connectivity index (χ3v) is 2.83. The second-order valence-corrected chi connectivity index (χ2v) is 4.50. The lowest BCUT2D eigenvalue weighted by Gasteiger charge is -2.03. The molecule has 0 saturated heterocycles. The topological polar surface area (TPSA) is 84.6 Å². The van der Waals surface area contributed by atoms with Gasteiger partial charge in [0.05, 0.1) is 10.6 Å². The summed E-state index contributed by atoms with van der Waals surface area (Å²) in [5.74, 6) is -0.136. The van der Waals surface area contributed by atoms with Crippen molar-refractivity contribution in [2.75, 3.05) is 0 Å². The number of hydrazone groups is 1. The summed E-state index contributed by atoms with van der Waals surface area (Å²) in [7, 11) is 0. The summed E-state index contributed by atoms with van der Waals surface area (Å²) in [4.78, 5) is 21.7. The van der Waals surface area contributed by atoms with E-state index < -0.39 is 4.92 Å². The fourth-order valence-corrected chi connectivity index (χ4v) is 1.65. The molecule has 1 aromatic carbocycles. The summed E-state index contributed by atoms with van der Waals surface area (Å²) in [5, 5.41) is 14.7. The van der Waals surface area contributed by atoms with Crippen LogP contribution in [0.5, 0.6) is 0 Å². The minimum atomic E-state index is -0.458. The number of nitro benzene ring substituents is 1. The summed E-state index contributed by atoms with van der Waals surface area (Å²) < 4.78 is 0. The van der Waals surface area contributed by atoms with Crippen LogP contribution >= 0.6 is 0 Å². The van der Waals surface area contributed by atoms with E-state index >= 15 is 0 Å². The number of nitro groups is 1. The lowest BCUT2D eigenvalue weighted by atomic mass is 10.1. The maximum atomic E-state index is 11.5. The highest BCUT2D eigenvalue weighted by molar-refractivity contribution is 5.99. The van der Waals surface area contributed by atoms with Gasteiger partial charge in [0.15, 0.2) is 0 Å². The zero-order valence-electron chi connectivity index (χ0n) is 11.8. The molecule has 0 atom stereocenters. The van der Waals surface area contributed by atoms with Crippen molar-refractivity contribution in [2.24, 2.45) is 5.10 Å². The molecule has 0 aromatic heterocycles. The van der Waals surface area contributed by atoms with Gasteiger partial charge < -0.3 is 0 Å². The van der Waals surface area contributed by atoms with Gasteiger partial charge in [0.1, 0.15) is 0 Å². The molecule has 0 aliphatic carbocycles. The van der Waals surface area contributed by atoms with Gasteiger partial charge in [-0.05, 0) is 13.3 Å². The lowest BCUT2D eigenvalue weighted by Crippen LogP contribution is -2.18. The number of nitrogens with one attached hydrogen (secondary N) is 1. The van der Waals surface area contributed by atoms with Crippen molar-refractivity contribution in [3.8, 4) is 0 Å². The summed E-state index contributed by atoms with van der Waals surface area (Å²) in [6.07, 6.45) is 3.36. The highest BCUT2D eigenvalue weighted by Crippen LogP contribution is 2.13. The minimum Gasteiger partial charge on any atom is -0.273 e. The molecule has 0 saturated carbocycles. The van der Waals surface area contributed by atoms with Crippen molar-refractivity contribution in [1.82, 2.24) is 5.43 Å². The smallest absolute Gasteiger partial charge is 0.270 e. The zero-order valence-corrected chi connectivity index (χ0v) is 11.8. The molecule has 0 radical (unpaired) electrons. The number of carbonyl (C=O) groups is 1. The Kier molecular flexibility index (Phi) is 6.36. The van der Waals surface area contributed by atoms with Crippen molar-refractivity contribution >= 4 is 17.3 Å². The molecule has 0 aliphatic rings. The van der Waals surface area contributed by atoms with E-state index in [1.165, 1.54) is 12.1 Å². The Morgan fingerprint density at radius 2 is 2.15 bits per heavy atom. The summed E-state index contributed by atoms with van der Waals surface area (Å²) in [6.45, 7) is 3.77. The normalized spacial score (nSPS) is 11.2. The molecule has 0 fully saturated rings. The van der Waals surface area contributed by atoms with E-state index in [2.05, 4.69) is 17.5 Å². The molecule has 20 heavy (non-hydrogen) atoms. The van der Waals surface area contributed by atoms with Crippen molar-refractivity contribution in [3.63, 3.8) is 0 Å². The van der Waals surface area contributed by atoms with Gasteiger partial charge in [0, 0.05) is 24.1 Å². The molecule has 0 spiro atoms. The van der Waals surface area contributed by atoms with E-state index in [9.17, 15) is 14.9 Å². The molecule has 1 aromatic rings. The Bertz CT molecular complexity index is 512. The molecule has 0 bridgehead atoms. The van der Waals surface area contributed by atoms with E-state index in [1.807, 2.05) is 0 Å². The maximum Gasteiger partial charge on any atom is 0.270 e. The highest BCUT2D eigenvalue weighted by Gasteiger charge is 2.07. The fraction of sp³-hybridized carbons (Fsp3) is 0.429. The number of benzene rings is 1. The fourth-order valence-electron chi connectivity index (χ4n) is 1.65. The van der Waals surface area contributed by atoms with Crippen molar-refractivity contribution in [2.45, 2.75) is 39.5 Å². The number of carbonyl (C=O) groups excluding carboxylic acids is 1. The van der Waals surface area contributed by atoms with Crippen molar-refractivity contribution in [3.05, 3.63) is 39.9 Å². The number of nitrogens with zero attached hydrogens (tertiary/aromatic N) is 2. The summed E-state index contributed by atoms with van der Waals surface area (Å²) >= 11 is 0. The molecule has 0 unspecified atom stereocenters. The Hall–Kier alpha value is -2.24. The second kappa shape index (κ2) is 8.04. The van der Waals surface area contributed by atoms with Gasteiger partial charge in [-0.15, -0.1) is 0 Å². The molecule has 108 valence electrons. The number of unbranched alkanes of at least 4 members (excludes halogenated alkanes) is 2. The van der Waals surface area contributed by atoms with Crippen LogP contribution in [-0.4, -0.2) is 16.5 Å². The quantitative estimate of drug-likeness (QED) is 0.360. The monoisotopic (exact) mass is 277 g/mol. The van der Waals surface area contributed by atoms with Gasteiger partial charge in [-0.2, -0.15) is 5.10 Å². The van der Waals surface area contributed by atoms with Gasteiger partial charge in [-0.1, -0.05) is 31.9 Å². The van der Waals surface area contributed by atoms with Crippen LogP contribution in [0.4, 0.5) is 5.69 Å². The first-order valence-corrected chi connectivity index (χ1v) is 6.62. The standard InChI is InChI=1S/C14H19N3O3/c1-3-4-5-9-14(18)16-15-11(2)12-7-6-8-13(10-12)17(19)20/h6-8,10H,3-5,9H2,1-2H3,(H,16,18)/b15-11+. The molecular weight excluding hydrogens is 258 g/mol. The third-order valence-electron chi connectivity index (χ3n) is 2.83. The van der Waals surface area contributed by atoms with E-state index in [0.29, 0.717) is 17.7 Å². The Morgan fingerprint density at radius 1 is 1.40 bits per heavy atom. The van der Waals surface area contributed by atoms with Crippen LogP contribution < -0.4 is 5.43 Å². The number of hydrogen-bond acceptors (Lipinski definition) is 4. The molecule has 0 aliphatic heterocycles. The summed E-state index contributed by atoms with van der Waals surface area (Å²) in [6, 6.07) is 6.16. The second-order valence-electron chi connectivity index (χ2n) is 4.50. The van der Waals surface area contributed by atoms with Crippen LogP contribution in [-0.2, 0) is 4.79 Å². The number of hydrogen-bond donors (Lipinski definition) is 1. The molecule has 6 nitrogen and oxygen atoms in total. The van der Waals surface area contributed by atoms with Gasteiger partial charge in [-0.3, -0.25) is 14.9 Å². The Labute approximate surface area is 118 Å². The predicted octanol–water partition coefficient (Wildman–Crippen LogP) is 3.02. The number of amides is 1. The molecule has 1 rings (SSSR count). The highest BCUT2D eigenvalue weighted by atomic mass is 16.6. The summed E-state index contributed by atoms with van der Waals surface area (Å²) in [5.41, 5.74) is 3.63. The number of rotatable bonds is 7. The van der Waals surface area contributed by atoms with Crippen molar-refractivity contribution in [1.29, 1.82) is 0 Å². The lowest BCUT2D eigenvalue weighted by molar-refractivity contribution is -0.384. The van der Waals surface area contributed by atoms with Crippen LogP contribution in [0, 0.1) is 10.1 Å². The van der Waals surface area contributed by atoms with Crippen LogP contribution in [0.15, 0.2) is 29.4 Å². The first-order chi connectivity index (χ1) is 9.54. The van der Waals surface area contributed by atoms with Gasteiger partial charge >= 0.3 is 0 Å². The zero-order chi connectivity index (χ0) is 15.0. The van der Waals surface area contributed by atoms with Crippen LogP contribution in [0.3, 0.4) is 0 Å². The van der Waals surface area contributed by atoms with E-state index in [4.69, 9.17) is 0 Å². The first-order valence-electron chi connectivity index (χ1n) is 6.62. The Balaban J connectivity index is 2.62. The molecular formula is C14H19N3O3. The van der Waals surface area contributed by atoms with Gasteiger partial charge in [-0.25, -0.2) is 5.43 Å². The van der Waals surface area contributed by atoms with Gasteiger partial charge in [0.2, 0.25) is 5.91 Å². The first kappa shape index (κ1) is 15.8. The van der Waals surface area contributed by atoms with Crippen molar-refractivity contribution < 1.29 is 9.72 Å². The Morgan fingerprint density at radius 3 is 2.80 bits per heavy atom. The van der Waals surface area contributed by atoms with E-state index in [-0.39, 0.29) is 11.6 Å². The van der Waals surface area contributed by atoms with E-state index in [0.717, 1.165) is 19.3 Å². The number of non-ortho nitro benzene ring substituents is 1. The van der Waals surface area contributed by atoms with Crippen LogP contribution in [0.1, 0.15) is 45.1 Å². The molecule has 1 N–H and O–H groups in total. The average molecular weight is 277 g/mol. The van der Waals surface area contributed by atoms with E-state index in [1.54, 1.807) is 19.1 Å². The van der Waals surface area contributed by atoms with Gasteiger partial charge in [0.25, 0.3) is 5.69 Å². The maximum absolute atomic E-state index is 11.5. The predicted molar refractivity (Wildman–Crippen MR) is 77.6 cm³/mol. The largest absolute Gasteiger partial charge is 0.273 e. The molecule has 1 amide bonds. The molecule has 6 heteroatoms. The minimum absolute atomic E-state index is 0.00585. The van der Waals surface area contributed by atoms with Crippen LogP contribution in [0.25, 0.3) is 0 Å². The average Bonchev–Trinajstić information content (AvgIpc) is 2.45. The third kappa shape index (κ3) is 5.17.